The average Bonchev–Trinajstić information content (AvgIpc) is 3.41. The van der Waals surface area contributed by atoms with Crippen molar-refractivity contribution >= 4 is 11.8 Å². The first-order valence-corrected chi connectivity index (χ1v) is 8.97. The van der Waals surface area contributed by atoms with Gasteiger partial charge in [0.2, 0.25) is 11.8 Å². The Morgan fingerprint density at radius 3 is 2.67 bits per heavy atom. The van der Waals surface area contributed by atoms with Gasteiger partial charge in [-0.05, 0) is 55.7 Å². The number of amides is 2. The SMILES string of the molecule is CC1CCCN(C(=O)C2(C(=O)N(C)CCc3ccncc3)CC2)C1. The van der Waals surface area contributed by atoms with E-state index in [4.69, 9.17) is 0 Å². The Bertz CT molecular complexity index is 598. The molecule has 1 aromatic heterocycles. The van der Waals surface area contributed by atoms with Gasteiger partial charge in [-0.1, -0.05) is 6.92 Å². The van der Waals surface area contributed by atoms with E-state index in [-0.39, 0.29) is 11.8 Å². The summed E-state index contributed by atoms with van der Waals surface area (Å²) in [6.07, 6.45) is 7.95. The first-order valence-electron chi connectivity index (χ1n) is 8.97. The van der Waals surface area contributed by atoms with Crippen molar-refractivity contribution in [3.05, 3.63) is 30.1 Å². The van der Waals surface area contributed by atoms with Crippen molar-refractivity contribution in [1.29, 1.82) is 0 Å². The van der Waals surface area contributed by atoms with Gasteiger partial charge in [0.05, 0.1) is 0 Å². The number of hydrogen-bond donors (Lipinski definition) is 0. The molecular weight excluding hydrogens is 302 g/mol. The molecule has 130 valence electrons. The molecule has 2 fully saturated rings. The predicted molar refractivity (Wildman–Crippen MR) is 92.2 cm³/mol. The highest BCUT2D eigenvalue weighted by Gasteiger charge is 2.59. The summed E-state index contributed by atoms with van der Waals surface area (Å²) in [5.74, 6) is 0.604. The number of pyridine rings is 1. The molecule has 24 heavy (non-hydrogen) atoms. The second kappa shape index (κ2) is 6.91. The minimum absolute atomic E-state index is 0.000201. The summed E-state index contributed by atoms with van der Waals surface area (Å²) in [4.78, 5) is 33.5. The number of nitrogens with zero attached hydrogens (tertiary/aromatic N) is 3. The molecule has 3 rings (SSSR count). The summed E-state index contributed by atoms with van der Waals surface area (Å²) in [6.45, 7) is 4.42. The van der Waals surface area contributed by atoms with E-state index in [0.29, 0.717) is 25.3 Å². The zero-order chi connectivity index (χ0) is 17.2. The summed E-state index contributed by atoms with van der Waals surface area (Å²) >= 11 is 0. The molecule has 2 aliphatic rings. The van der Waals surface area contributed by atoms with Crippen molar-refractivity contribution in [3.8, 4) is 0 Å². The Kier molecular flexibility index (Phi) is 4.88. The Morgan fingerprint density at radius 2 is 2.04 bits per heavy atom. The van der Waals surface area contributed by atoms with Crippen LogP contribution in [-0.4, -0.2) is 53.3 Å². The molecule has 0 radical (unpaired) electrons. The lowest BCUT2D eigenvalue weighted by Crippen LogP contribution is -2.49. The Hall–Kier alpha value is -1.91. The number of carbonyl (C=O) groups is 2. The van der Waals surface area contributed by atoms with E-state index in [1.807, 2.05) is 24.1 Å². The van der Waals surface area contributed by atoms with Gasteiger partial charge in [0, 0.05) is 39.1 Å². The largest absolute Gasteiger partial charge is 0.344 e. The van der Waals surface area contributed by atoms with Gasteiger partial charge in [-0.15, -0.1) is 0 Å². The van der Waals surface area contributed by atoms with Gasteiger partial charge in [-0.2, -0.15) is 0 Å². The molecule has 5 heteroatoms. The maximum atomic E-state index is 12.9. The Balaban J connectivity index is 1.59. The van der Waals surface area contributed by atoms with Crippen LogP contribution in [0.4, 0.5) is 0 Å². The van der Waals surface area contributed by atoms with Crippen molar-refractivity contribution in [2.75, 3.05) is 26.7 Å². The summed E-state index contributed by atoms with van der Waals surface area (Å²) in [7, 11) is 1.82. The Labute approximate surface area is 144 Å². The normalized spacial score (nSPS) is 22.1. The molecule has 1 saturated heterocycles. The van der Waals surface area contributed by atoms with Crippen LogP contribution in [0.5, 0.6) is 0 Å². The van der Waals surface area contributed by atoms with Crippen LogP contribution in [0.1, 0.15) is 38.2 Å². The molecule has 0 N–H and O–H groups in total. The predicted octanol–water partition coefficient (Wildman–Crippen LogP) is 2.12. The number of carbonyl (C=O) groups excluding carboxylic acids is 2. The molecule has 2 amide bonds. The molecule has 5 nitrogen and oxygen atoms in total. The van der Waals surface area contributed by atoms with Crippen LogP contribution in [0, 0.1) is 11.3 Å². The van der Waals surface area contributed by atoms with Crippen molar-refractivity contribution in [1.82, 2.24) is 14.8 Å². The molecule has 2 heterocycles. The van der Waals surface area contributed by atoms with Crippen molar-refractivity contribution in [2.45, 2.75) is 39.0 Å². The molecule has 0 aromatic carbocycles. The van der Waals surface area contributed by atoms with E-state index in [2.05, 4.69) is 11.9 Å². The number of likely N-dealkylation sites (tertiary alicyclic amines) is 1. The van der Waals surface area contributed by atoms with E-state index >= 15 is 0 Å². The van der Waals surface area contributed by atoms with Gasteiger partial charge >= 0.3 is 0 Å². The van der Waals surface area contributed by atoms with E-state index in [1.165, 1.54) is 6.42 Å². The van der Waals surface area contributed by atoms with Crippen molar-refractivity contribution in [3.63, 3.8) is 0 Å². The van der Waals surface area contributed by atoms with Gasteiger partial charge in [0.15, 0.2) is 0 Å². The number of aromatic nitrogens is 1. The fourth-order valence-electron chi connectivity index (χ4n) is 3.63. The highest BCUT2D eigenvalue weighted by molar-refractivity contribution is 6.07. The average molecular weight is 329 g/mol. The van der Waals surface area contributed by atoms with E-state index in [0.717, 1.165) is 31.5 Å². The third kappa shape index (κ3) is 3.45. The minimum Gasteiger partial charge on any atom is -0.344 e. The Morgan fingerprint density at radius 1 is 1.33 bits per heavy atom. The maximum Gasteiger partial charge on any atom is 0.238 e. The lowest BCUT2D eigenvalue weighted by Gasteiger charge is -2.34. The molecule has 1 saturated carbocycles. The number of piperidine rings is 1. The maximum absolute atomic E-state index is 12.9. The first kappa shape index (κ1) is 16.9. The monoisotopic (exact) mass is 329 g/mol. The van der Waals surface area contributed by atoms with E-state index in [9.17, 15) is 9.59 Å². The number of hydrogen-bond acceptors (Lipinski definition) is 3. The second-order valence-electron chi connectivity index (χ2n) is 7.41. The molecule has 1 aliphatic heterocycles. The zero-order valence-corrected chi connectivity index (χ0v) is 14.7. The quantitative estimate of drug-likeness (QED) is 0.778. The summed E-state index contributed by atoms with van der Waals surface area (Å²) < 4.78 is 0. The van der Waals surface area contributed by atoms with Crippen molar-refractivity contribution in [2.24, 2.45) is 11.3 Å². The van der Waals surface area contributed by atoms with Crippen molar-refractivity contribution < 1.29 is 9.59 Å². The molecule has 1 aliphatic carbocycles. The first-order chi connectivity index (χ1) is 11.5. The smallest absolute Gasteiger partial charge is 0.238 e. The van der Waals surface area contributed by atoms with Gasteiger partial charge in [-0.25, -0.2) is 0 Å². The third-order valence-electron chi connectivity index (χ3n) is 5.34. The molecule has 0 spiro atoms. The molecule has 1 aromatic rings. The van der Waals surface area contributed by atoms with Gasteiger partial charge in [-0.3, -0.25) is 14.6 Å². The standard InChI is InChI=1S/C19H27N3O2/c1-15-4-3-12-22(14-15)18(24)19(8-9-19)17(23)21(2)13-7-16-5-10-20-11-6-16/h5-6,10-11,15H,3-4,7-9,12-14H2,1-2H3. The lowest BCUT2D eigenvalue weighted by molar-refractivity contribution is -0.149. The van der Waals surface area contributed by atoms with Crippen LogP contribution in [0.2, 0.25) is 0 Å². The highest BCUT2D eigenvalue weighted by atomic mass is 16.2. The second-order valence-corrected chi connectivity index (χ2v) is 7.41. The summed E-state index contributed by atoms with van der Waals surface area (Å²) in [6, 6.07) is 3.93. The van der Waals surface area contributed by atoms with Crippen LogP contribution in [0.25, 0.3) is 0 Å². The van der Waals surface area contributed by atoms with E-state index < -0.39 is 5.41 Å². The summed E-state index contributed by atoms with van der Waals surface area (Å²) in [5, 5.41) is 0. The molecular formula is C19H27N3O2. The number of likely N-dealkylation sites (N-methyl/N-ethyl adjacent to an activating group) is 1. The fourth-order valence-corrected chi connectivity index (χ4v) is 3.63. The highest BCUT2D eigenvalue weighted by Crippen LogP contribution is 2.49. The lowest BCUT2D eigenvalue weighted by atomic mass is 9.96. The van der Waals surface area contributed by atoms with Crippen LogP contribution in [0.15, 0.2) is 24.5 Å². The molecule has 1 atom stereocenters. The minimum atomic E-state index is -0.760. The van der Waals surface area contributed by atoms with Gasteiger partial charge in [0.1, 0.15) is 5.41 Å². The van der Waals surface area contributed by atoms with Gasteiger partial charge in [0.25, 0.3) is 0 Å². The zero-order valence-electron chi connectivity index (χ0n) is 14.7. The topological polar surface area (TPSA) is 53.5 Å². The summed E-state index contributed by atoms with van der Waals surface area (Å²) in [5.41, 5.74) is 0.398. The molecule has 1 unspecified atom stereocenters. The van der Waals surface area contributed by atoms with Crippen LogP contribution >= 0.6 is 0 Å². The fraction of sp³-hybridized carbons (Fsp3) is 0.632. The molecule has 0 bridgehead atoms. The van der Waals surface area contributed by atoms with Crippen LogP contribution in [0.3, 0.4) is 0 Å². The third-order valence-corrected chi connectivity index (χ3v) is 5.34. The van der Waals surface area contributed by atoms with Gasteiger partial charge < -0.3 is 9.80 Å². The van der Waals surface area contributed by atoms with Crippen LogP contribution in [-0.2, 0) is 16.0 Å². The number of rotatable bonds is 5. The van der Waals surface area contributed by atoms with Crippen LogP contribution < -0.4 is 0 Å². The van der Waals surface area contributed by atoms with E-state index in [1.54, 1.807) is 17.3 Å².